The van der Waals surface area contributed by atoms with E-state index in [9.17, 15) is 9.59 Å². The fraction of sp³-hybridized carbons (Fsp3) is 0.429. The first-order valence-corrected chi connectivity index (χ1v) is 9.91. The molecule has 1 aromatic carbocycles. The van der Waals surface area contributed by atoms with E-state index in [1.54, 1.807) is 7.11 Å². The normalized spacial score (nSPS) is 19.8. The number of methoxy groups -OCH3 is 1. The number of halogens is 1. The van der Waals surface area contributed by atoms with Crippen LogP contribution in [0, 0.1) is 0 Å². The molecule has 0 unspecified atom stereocenters. The third-order valence-corrected chi connectivity index (χ3v) is 5.47. The highest BCUT2D eigenvalue weighted by molar-refractivity contribution is 9.10. The first-order valence-electron chi connectivity index (χ1n) is 9.12. The van der Waals surface area contributed by atoms with Gasteiger partial charge < -0.3 is 14.8 Å². The van der Waals surface area contributed by atoms with Crippen molar-refractivity contribution in [3.05, 3.63) is 50.8 Å². The number of carbonyl (C=O) groups is 2. The molecule has 0 saturated heterocycles. The highest BCUT2D eigenvalue weighted by Gasteiger charge is 2.39. The van der Waals surface area contributed by atoms with E-state index in [-0.39, 0.29) is 11.9 Å². The van der Waals surface area contributed by atoms with Crippen molar-refractivity contribution in [2.75, 3.05) is 7.11 Å². The summed E-state index contributed by atoms with van der Waals surface area (Å²) in [5.74, 6) is -0.0497. The number of esters is 1. The van der Waals surface area contributed by atoms with E-state index < -0.39 is 11.9 Å². The Morgan fingerprint density at radius 2 is 2.04 bits per heavy atom. The molecule has 144 valence electrons. The molecule has 1 heterocycles. The van der Waals surface area contributed by atoms with Gasteiger partial charge in [0.25, 0.3) is 0 Å². The largest absolute Gasteiger partial charge is 0.496 e. The zero-order valence-electron chi connectivity index (χ0n) is 16.0. The average molecular weight is 434 g/mol. The van der Waals surface area contributed by atoms with Crippen molar-refractivity contribution in [2.24, 2.45) is 0 Å². The van der Waals surface area contributed by atoms with Gasteiger partial charge >= 0.3 is 5.97 Å². The number of ether oxygens (including phenoxy) is 2. The van der Waals surface area contributed by atoms with Crippen LogP contribution >= 0.6 is 15.9 Å². The van der Waals surface area contributed by atoms with Crippen LogP contribution < -0.4 is 10.1 Å². The van der Waals surface area contributed by atoms with Crippen molar-refractivity contribution in [3.8, 4) is 5.75 Å². The molecule has 0 amide bonds. The van der Waals surface area contributed by atoms with Gasteiger partial charge in [0, 0.05) is 29.3 Å². The average Bonchev–Trinajstić information content (AvgIpc) is 2.60. The van der Waals surface area contributed by atoms with Crippen molar-refractivity contribution >= 4 is 27.7 Å². The Bertz CT molecular complexity index is 854. The van der Waals surface area contributed by atoms with Crippen molar-refractivity contribution in [1.82, 2.24) is 5.32 Å². The molecule has 1 aliphatic carbocycles. The maximum atomic E-state index is 12.9. The summed E-state index contributed by atoms with van der Waals surface area (Å²) in [5, 5.41) is 3.29. The summed E-state index contributed by atoms with van der Waals surface area (Å²) in [4.78, 5) is 25.7. The van der Waals surface area contributed by atoms with Gasteiger partial charge in [0.1, 0.15) is 5.75 Å². The molecule has 1 aromatic rings. The van der Waals surface area contributed by atoms with Crippen LogP contribution in [0.15, 0.2) is 45.2 Å². The van der Waals surface area contributed by atoms with E-state index in [0.717, 1.165) is 34.3 Å². The number of Topliss-reactive ketones (excluding diaryl/α,β-unsaturated/α-hetero) is 1. The minimum Gasteiger partial charge on any atom is -0.496 e. The fourth-order valence-electron chi connectivity index (χ4n) is 3.73. The summed E-state index contributed by atoms with van der Waals surface area (Å²) in [5.41, 5.74) is 3.70. The van der Waals surface area contributed by atoms with Gasteiger partial charge in [-0.15, -0.1) is 0 Å². The Balaban J connectivity index is 2.16. The summed E-state index contributed by atoms with van der Waals surface area (Å²) in [6.45, 7) is 5.50. The second kappa shape index (κ2) is 7.89. The second-order valence-corrected chi connectivity index (χ2v) is 7.97. The lowest BCUT2D eigenvalue weighted by atomic mass is 9.75. The molecule has 5 nitrogen and oxygen atoms in total. The number of dihydropyridines is 1. The zero-order valence-corrected chi connectivity index (χ0v) is 17.6. The minimum absolute atomic E-state index is 0.0861. The highest BCUT2D eigenvalue weighted by atomic mass is 79.9. The molecule has 0 saturated carbocycles. The molecular weight excluding hydrogens is 410 g/mol. The second-order valence-electron chi connectivity index (χ2n) is 7.11. The molecule has 2 aliphatic rings. The van der Waals surface area contributed by atoms with Crippen molar-refractivity contribution in [2.45, 2.75) is 52.1 Å². The summed E-state index contributed by atoms with van der Waals surface area (Å²) >= 11 is 3.52. The van der Waals surface area contributed by atoms with Gasteiger partial charge in [0.2, 0.25) is 0 Å². The predicted molar refractivity (Wildman–Crippen MR) is 106 cm³/mol. The van der Waals surface area contributed by atoms with Gasteiger partial charge in [-0.2, -0.15) is 0 Å². The van der Waals surface area contributed by atoms with Gasteiger partial charge in [-0.05, 0) is 67.2 Å². The maximum absolute atomic E-state index is 12.9. The molecule has 1 N–H and O–H groups in total. The van der Waals surface area contributed by atoms with Crippen LogP contribution in [0.4, 0.5) is 0 Å². The summed E-state index contributed by atoms with van der Waals surface area (Å²) < 4.78 is 11.6. The van der Waals surface area contributed by atoms with Gasteiger partial charge in [-0.25, -0.2) is 4.79 Å². The molecular formula is C21H24BrNO4. The molecule has 1 atom stereocenters. The van der Waals surface area contributed by atoms with E-state index in [2.05, 4.69) is 21.2 Å². The van der Waals surface area contributed by atoms with Crippen LogP contribution in [-0.4, -0.2) is 25.0 Å². The molecule has 0 radical (unpaired) electrons. The monoisotopic (exact) mass is 433 g/mol. The van der Waals surface area contributed by atoms with Crippen LogP contribution in [-0.2, 0) is 14.3 Å². The quantitative estimate of drug-likeness (QED) is 0.713. The summed E-state index contributed by atoms with van der Waals surface area (Å²) in [6, 6.07) is 5.66. The Morgan fingerprint density at radius 1 is 1.30 bits per heavy atom. The molecule has 0 spiro atoms. The number of ketones is 1. The van der Waals surface area contributed by atoms with Crippen LogP contribution in [0.2, 0.25) is 0 Å². The number of hydrogen-bond donors (Lipinski definition) is 1. The van der Waals surface area contributed by atoms with Crippen LogP contribution in [0.1, 0.15) is 51.5 Å². The van der Waals surface area contributed by atoms with Crippen molar-refractivity contribution in [3.63, 3.8) is 0 Å². The number of nitrogens with one attached hydrogen (secondary N) is 1. The van der Waals surface area contributed by atoms with Gasteiger partial charge in [-0.1, -0.05) is 6.07 Å². The molecule has 1 aliphatic heterocycles. The lowest BCUT2D eigenvalue weighted by Gasteiger charge is -2.34. The minimum atomic E-state index is -0.442. The van der Waals surface area contributed by atoms with Crippen molar-refractivity contribution in [1.29, 1.82) is 0 Å². The number of benzene rings is 1. The van der Waals surface area contributed by atoms with Gasteiger partial charge in [0.15, 0.2) is 5.78 Å². The molecule has 27 heavy (non-hydrogen) atoms. The Hall–Kier alpha value is -2.08. The standard InChI is InChI=1S/C21H24BrNO4/c1-11(2)27-21(25)18-12(3)23-15-6-5-7-16(24)20(15)19(18)13-8-9-17(26-4)14(22)10-13/h8-11,19,23H,5-7H2,1-4H3/t19-/m0/s1. The van der Waals surface area contributed by atoms with Crippen molar-refractivity contribution < 1.29 is 19.1 Å². The van der Waals surface area contributed by atoms with Crippen LogP contribution in [0.3, 0.4) is 0 Å². The van der Waals surface area contributed by atoms with Gasteiger partial charge in [-0.3, -0.25) is 4.79 Å². The summed E-state index contributed by atoms with van der Waals surface area (Å²) in [6.07, 6.45) is 1.89. The first-order chi connectivity index (χ1) is 12.8. The number of allylic oxidation sites excluding steroid dienone is 3. The molecule has 0 aromatic heterocycles. The molecule has 6 heteroatoms. The molecule has 0 bridgehead atoms. The smallest absolute Gasteiger partial charge is 0.337 e. The van der Waals surface area contributed by atoms with E-state index in [1.165, 1.54) is 0 Å². The maximum Gasteiger partial charge on any atom is 0.337 e. The topological polar surface area (TPSA) is 64.6 Å². The number of carbonyl (C=O) groups excluding carboxylic acids is 2. The molecule has 0 fully saturated rings. The van der Waals surface area contributed by atoms with E-state index in [4.69, 9.17) is 9.47 Å². The van der Waals surface area contributed by atoms with E-state index in [0.29, 0.717) is 23.3 Å². The Kier molecular flexibility index (Phi) is 5.75. The highest BCUT2D eigenvalue weighted by Crippen LogP contribution is 2.44. The third-order valence-electron chi connectivity index (χ3n) is 4.85. The zero-order chi connectivity index (χ0) is 19.7. The lowest BCUT2D eigenvalue weighted by molar-refractivity contribution is -0.143. The first kappa shape index (κ1) is 19.7. The Morgan fingerprint density at radius 3 is 2.67 bits per heavy atom. The fourth-order valence-corrected chi connectivity index (χ4v) is 4.29. The van der Waals surface area contributed by atoms with Crippen LogP contribution in [0.5, 0.6) is 5.75 Å². The third kappa shape index (κ3) is 3.81. The molecule has 3 rings (SSSR count). The lowest BCUT2D eigenvalue weighted by Crippen LogP contribution is -2.34. The van der Waals surface area contributed by atoms with E-state index >= 15 is 0 Å². The Labute approximate surface area is 167 Å². The number of rotatable bonds is 4. The van der Waals surface area contributed by atoms with E-state index in [1.807, 2.05) is 39.0 Å². The predicted octanol–water partition coefficient (Wildman–Crippen LogP) is 4.38. The number of hydrogen-bond acceptors (Lipinski definition) is 5. The summed E-state index contributed by atoms with van der Waals surface area (Å²) in [7, 11) is 1.60. The van der Waals surface area contributed by atoms with Crippen LogP contribution in [0.25, 0.3) is 0 Å². The SMILES string of the molecule is COc1ccc([C@H]2C(C(=O)OC(C)C)=C(C)NC3=C2C(=O)CCC3)cc1Br. The van der Waals surface area contributed by atoms with Gasteiger partial charge in [0.05, 0.1) is 23.3 Å².